The van der Waals surface area contributed by atoms with Crippen LogP contribution in [0.2, 0.25) is 0 Å². The van der Waals surface area contributed by atoms with Crippen molar-refractivity contribution in [2.24, 2.45) is 4.99 Å². The highest BCUT2D eigenvalue weighted by molar-refractivity contribution is 5.99. The minimum Gasteiger partial charge on any atom is -0.485 e. The Morgan fingerprint density at radius 1 is 1.03 bits per heavy atom. The van der Waals surface area contributed by atoms with Crippen molar-refractivity contribution in [1.82, 2.24) is 4.98 Å². The Morgan fingerprint density at radius 3 is 2.29 bits per heavy atom. The van der Waals surface area contributed by atoms with E-state index in [9.17, 15) is 4.79 Å². The number of hydrogen-bond acceptors (Lipinski definition) is 3. The SMILES string of the molecule is Cc1cc(C(C)(C)C)c(OCC(=O)CN=Cc2cccc3[nH]ccc23)c(C(C)(C)C)c1. The number of H-pyrrole nitrogens is 1. The lowest BCUT2D eigenvalue weighted by molar-refractivity contribution is -0.119. The third kappa shape index (κ3) is 5.43. The van der Waals surface area contributed by atoms with Crippen LogP contribution in [0.4, 0.5) is 0 Å². The number of rotatable bonds is 6. The van der Waals surface area contributed by atoms with E-state index in [4.69, 9.17) is 4.74 Å². The molecule has 0 radical (unpaired) electrons. The number of nitrogens with zero attached hydrogens (tertiary/aromatic N) is 1. The maximum absolute atomic E-state index is 12.6. The van der Waals surface area contributed by atoms with Crippen LogP contribution in [0.25, 0.3) is 10.9 Å². The Balaban J connectivity index is 1.76. The van der Waals surface area contributed by atoms with Crippen molar-refractivity contribution in [1.29, 1.82) is 0 Å². The van der Waals surface area contributed by atoms with Gasteiger partial charge in [0.2, 0.25) is 0 Å². The Bertz CT molecular complexity index is 1070. The number of fused-ring (bicyclic) bond motifs is 1. The number of nitrogens with one attached hydrogen (secondary N) is 1. The van der Waals surface area contributed by atoms with Crippen molar-refractivity contribution in [2.75, 3.05) is 13.2 Å². The number of hydrogen-bond donors (Lipinski definition) is 1. The van der Waals surface area contributed by atoms with E-state index >= 15 is 0 Å². The number of carbonyl (C=O) groups is 1. The Labute approximate surface area is 185 Å². The van der Waals surface area contributed by atoms with E-state index in [0.717, 1.165) is 33.3 Å². The maximum atomic E-state index is 12.6. The van der Waals surface area contributed by atoms with E-state index in [1.54, 1.807) is 6.21 Å². The molecule has 1 aromatic heterocycles. The van der Waals surface area contributed by atoms with Gasteiger partial charge in [-0.1, -0.05) is 71.4 Å². The summed E-state index contributed by atoms with van der Waals surface area (Å²) in [6.45, 7) is 15.3. The first-order valence-corrected chi connectivity index (χ1v) is 10.8. The zero-order valence-electron chi connectivity index (χ0n) is 19.8. The van der Waals surface area contributed by atoms with Gasteiger partial charge in [-0.2, -0.15) is 0 Å². The molecule has 3 rings (SSSR count). The second-order valence-corrected chi connectivity index (χ2v) is 10.3. The molecule has 0 bridgehead atoms. The van der Waals surface area contributed by atoms with Crippen molar-refractivity contribution < 1.29 is 9.53 Å². The number of carbonyl (C=O) groups excluding carboxylic acids is 1. The van der Waals surface area contributed by atoms with E-state index in [2.05, 4.69) is 70.6 Å². The lowest BCUT2D eigenvalue weighted by Crippen LogP contribution is -2.23. The van der Waals surface area contributed by atoms with Crippen LogP contribution in [0.3, 0.4) is 0 Å². The number of aryl methyl sites for hydroxylation is 1. The molecule has 0 atom stereocenters. The van der Waals surface area contributed by atoms with E-state index in [-0.39, 0.29) is 29.8 Å². The van der Waals surface area contributed by atoms with Gasteiger partial charge in [0, 0.05) is 40.0 Å². The summed E-state index contributed by atoms with van der Waals surface area (Å²) >= 11 is 0. The molecule has 4 nitrogen and oxygen atoms in total. The highest BCUT2D eigenvalue weighted by Crippen LogP contribution is 2.40. The van der Waals surface area contributed by atoms with E-state index < -0.39 is 0 Å². The van der Waals surface area contributed by atoms with Gasteiger partial charge in [0.1, 0.15) is 18.9 Å². The first-order valence-electron chi connectivity index (χ1n) is 10.8. The normalized spacial score (nSPS) is 12.6. The smallest absolute Gasteiger partial charge is 0.191 e. The largest absolute Gasteiger partial charge is 0.485 e. The Kier molecular flexibility index (Phi) is 6.40. The number of aliphatic imine (C=N–C) groups is 1. The fraction of sp³-hybridized carbons (Fsp3) is 0.407. The number of ketones is 1. The number of Topliss-reactive ketones (excluding diaryl/α,β-unsaturated/α-hetero) is 1. The average Bonchev–Trinajstić information content (AvgIpc) is 3.14. The molecule has 0 aliphatic rings. The number of aromatic nitrogens is 1. The van der Waals surface area contributed by atoms with Crippen LogP contribution >= 0.6 is 0 Å². The molecule has 0 amide bonds. The zero-order valence-corrected chi connectivity index (χ0v) is 19.8. The summed E-state index contributed by atoms with van der Waals surface area (Å²) in [4.78, 5) is 20.1. The fourth-order valence-corrected chi connectivity index (χ4v) is 3.71. The Morgan fingerprint density at radius 2 is 1.68 bits per heavy atom. The lowest BCUT2D eigenvalue weighted by atomic mass is 9.78. The molecule has 4 heteroatoms. The van der Waals surface area contributed by atoms with Crippen molar-refractivity contribution in [2.45, 2.75) is 59.3 Å². The highest BCUT2D eigenvalue weighted by Gasteiger charge is 2.27. The van der Waals surface area contributed by atoms with E-state index in [0.29, 0.717) is 0 Å². The molecule has 0 spiro atoms. The summed E-state index contributed by atoms with van der Waals surface area (Å²) in [5, 5.41) is 1.10. The third-order valence-corrected chi connectivity index (χ3v) is 5.35. The van der Waals surface area contributed by atoms with Gasteiger partial charge in [0.25, 0.3) is 0 Å². The fourth-order valence-electron chi connectivity index (χ4n) is 3.71. The first kappa shape index (κ1) is 22.8. The van der Waals surface area contributed by atoms with Crippen molar-refractivity contribution in [3.63, 3.8) is 0 Å². The number of aromatic amines is 1. The second kappa shape index (κ2) is 8.70. The summed E-state index contributed by atoms with van der Waals surface area (Å²) in [6.07, 6.45) is 3.67. The molecule has 1 heterocycles. The lowest BCUT2D eigenvalue weighted by Gasteiger charge is -2.30. The highest BCUT2D eigenvalue weighted by atomic mass is 16.5. The topological polar surface area (TPSA) is 54.4 Å². The van der Waals surface area contributed by atoms with Crippen LogP contribution < -0.4 is 4.74 Å². The van der Waals surface area contributed by atoms with Gasteiger partial charge in [0.15, 0.2) is 5.78 Å². The van der Waals surface area contributed by atoms with Gasteiger partial charge in [-0.25, -0.2) is 0 Å². The molecule has 164 valence electrons. The quantitative estimate of drug-likeness (QED) is 0.489. The predicted octanol–water partition coefficient (Wildman–Crippen LogP) is 6.14. The van der Waals surface area contributed by atoms with Gasteiger partial charge in [-0.15, -0.1) is 0 Å². The standard InChI is InChI=1S/C27H34N2O2/c1-18-13-22(26(2,3)4)25(23(14-18)27(5,6)7)31-17-20(30)16-28-15-19-9-8-10-24-21(19)11-12-29-24/h8-15,29H,16-17H2,1-7H3. The third-order valence-electron chi connectivity index (χ3n) is 5.35. The molecular weight excluding hydrogens is 384 g/mol. The minimum atomic E-state index is -0.0855. The van der Waals surface area contributed by atoms with Crippen molar-refractivity contribution in [3.8, 4) is 5.75 Å². The summed E-state index contributed by atoms with van der Waals surface area (Å²) in [7, 11) is 0. The molecule has 0 fully saturated rings. The molecule has 0 saturated carbocycles. The summed E-state index contributed by atoms with van der Waals surface area (Å²) < 4.78 is 6.17. The summed E-state index contributed by atoms with van der Waals surface area (Å²) in [6, 6.07) is 12.4. The van der Waals surface area contributed by atoms with Crippen molar-refractivity contribution >= 4 is 22.9 Å². The van der Waals surface area contributed by atoms with Gasteiger partial charge in [-0.3, -0.25) is 9.79 Å². The summed E-state index contributed by atoms with van der Waals surface area (Å²) in [5.74, 6) is 0.790. The van der Waals surface area contributed by atoms with Crippen LogP contribution in [0.15, 0.2) is 47.6 Å². The van der Waals surface area contributed by atoms with Crippen LogP contribution in [0, 0.1) is 6.92 Å². The van der Waals surface area contributed by atoms with Crippen LogP contribution in [-0.2, 0) is 15.6 Å². The average molecular weight is 419 g/mol. The van der Waals surface area contributed by atoms with Gasteiger partial charge in [0.05, 0.1) is 0 Å². The summed E-state index contributed by atoms with van der Waals surface area (Å²) in [5.41, 5.74) is 5.35. The minimum absolute atomic E-state index is 0.0148. The molecule has 0 aliphatic carbocycles. The van der Waals surface area contributed by atoms with E-state index in [1.165, 1.54) is 5.56 Å². The predicted molar refractivity (Wildman–Crippen MR) is 130 cm³/mol. The number of ether oxygens (including phenoxy) is 1. The molecule has 3 aromatic rings. The van der Waals surface area contributed by atoms with Crippen LogP contribution in [0.1, 0.15) is 63.8 Å². The van der Waals surface area contributed by atoms with Crippen LogP contribution in [-0.4, -0.2) is 30.1 Å². The van der Waals surface area contributed by atoms with Crippen molar-refractivity contribution in [3.05, 3.63) is 64.8 Å². The van der Waals surface area contributed by atoms with Gasteiger partial charge in [-0.05, 0) is 29.9 Å². The Hall–Kier alpha value is -2.88. The molecule has 2 aromatic carbocycles. The van der Waals surface area contributed by atoms with Gasteiger partial charge < -0.3 is 9.72 Å². The second-order valence-electron chi connectivity index (χ2n) is 10.3. The molecule has 0 saturated heterocycles. The van der Waals surface area contributed by atoms with E-state index in [1.807, 2.05) is 30.5 Å². The first-order chi connectivity index (χ1) is 14.5. The maximum Gasteiger partial charge on any atom is 0.191 e. The monoisotopic (exact) mass is 418 g/mol. The molecule has 0 aliphatic heterocycles. The van der Waals surface area contributed by atoms with Gasteiger partial charge >= 0.3 is 0 Å². The molecule has 0 unspecified atom stereocenters. The zero-order chi connectivity index (χ0) is 22.8. The van der Waals surface area contributed by atoms with Crippen LogP contribution in [0.5, 0.6) is 5.75 Å². The molecule has 31 heavy (non-hydrogen) atoms. The number of benzene rings is 2. The molecule has 1 N–H and O–H groups in total. The molecular formula is C27H34N2O2.